The van der Waals surface area contributed by atoms with E-state index in [0.717, 1.165) is 25.1 Å². The van der Waals surface area contributed by atoms with E-state index < -0.39 is 17.8 Å². The number of unbranched alkanes of at least 4 members (excludes halogenated alkanes) is 1. The molecule has 5 nitrogen and oxygen atoms in total. The highest BCUT2D eigenvalue weighted by Crippen LogP contribution is 2.33. The Morgan fingerprint density at radius 3 is 2.84 bits per heavy atom. The first-order valence-electron chi connectivity index (χ1n) is 7.70. The van der Waals surface area contributed by atoms with Crippen LogP contribution in [-0.4, -0.2) is 27.0 Å². The third-order valence-electron chi connectivity index (χ3n) is 3.60. The number of fused-ring (bicyclic) bond motifs is 1. The second kappa shape index (κ2) is 6.83. The van der Waals surface area contributed by atoms with Crippen LogP contribution >= 0.6 is 11.3 Å². The average molecular weight is 368 g/mol. The normalized spacial score (nSPS) is 11.8. The summed E-state index contributed by atoms with van der Waals surface area (Å²) in [6, 6.07) is 4.36. The van der Waals surface area contributed by atoms with E-state index in [1.807, 2.05) is 6.92 Å². The number of hydrogen-bond donors (Lipinski definition) is 1. The molecule has 0 radical (unpaired) electrons. The highest BCUT2D eigenvalue weighted by molar-refractivity contribution is 7.13. The molecule has 0 fully saturated rings. The maximum absolute atomic E-state index is 13.4. The average Bonchev–Trinajstić information content (AvgIpc) is 3.22. The standard InChI is InChI=1S/C16H15F3N4OS/c1-2-3-6-20-15(24)10-9-21-23-13(16(17,18)19)8-11(22-14(10)23)12-5-4-7-25-12/h4-5,7-9H,2-3,6H2,1H3,(H,20,24). The highest BCUT2D eigenvalue weighted by atomic mass is 32.1. The lowest BCUT2D eigenvalue weighted by atomic mass is 10.2. The first kappa shape index (κ1) is 17.4. The largest absolute Gasteiger partial charge is 0.433 e. The van der Waals surface area contributed by atoms with Gasteiger partial charge in [-0.2, -0.15) is 18.3 Å². The highest BCUT2D eigenvalue weighted by Gasteiger charge is 2.36. The minimum Gasteiger partial charge on any atom is -0.352 e. The summed E-state index contributed by atoms with van der Waals surface area (Å²) >= 11 is 1.28. The summed E-state index contributed by atoms with van der Waals surface area (Å²) in [5, 5.41) is 8.17. The van der Waals surface area contributed by atoms with Crippen LogP contribution in [0.25, 0.3) is 16.2 Å². The number of aromatic nitrogens is 3. The molecule has 0 aliphatic heterocycles. The Kier molecular flexibility index (Phi) is 4.76. The molecule has 3 aromatic heterocycles. The molecule has 3 rings (SSSR count). The number of rotatable bonds is 5. The van der Waals surface area contributed by atoms with E-state index in [1.54, 1.807) is 17.5 Å². The molecule has 0 atom stereocenters. The number of hydrogen-bond acceptors (Lipinski definition) is 4. The topological polar surface area (TPSA) is 59.3 Å². The fourth-order valence-electron chi connectivity index (χ4n) is 2.35. The zero-order chi connectivity index (χ0) is 18.0. The molecule has 3 aromatic rings. The van der Waals surface area contributed by atoms with Gasteiger partial charge in [-0.3, -0.25) is 4.79 Å². The van der Waals surface area contributed by atoms with E-state index in [1.165, 1.54) is 11.3 Å². The van der Waals surface area contributed by atoms with E-state index in [9.17, 15) is 18.0 Å². The fourth-order valence-corrected chi connectivity index (χ4v) is 3.04. The first-order chi connectivity index (χ1) is 11.9. The molecule has 132 valence electrons. The monoisotopic (exact) mass is 368 g/mol. The van der Waals surface area contributed by atoms with Crippen molar-refractivity contribution >= 4 is 22.9 Å². The van der Waals surface area contributed by atoms with Crippen LogP contribution in [0.5, 0.6) is 0 Å². The van der Waals surface area contributed by atoms with Gasteiger partial charge in [0.05, 0.1) is 16.8 Å². The maximum atomic E-state index is 13.4. The van der Waals surface area contributed by atoms with Crippen molar-refractivity contribution in [2.45, 2.75) is 25.9 Å². The van der Waals surface area contributed by atoms with Gasteiger partial charge in [0.15, 0.2) is 11.3 Å². The number of carbonyl (C=O) groups excluding carboxylic acids is 1. The van der Waals surface area contributed by atoms with Gasteiger partial charge in [-0.25, -0.2) is 9.50 Å². The quantitative estimate of drug-likeness (QED) is 0.693. The molecular formula is C16H15F3N4OS. The van der Waals surface area contributed by atoms with Crippen molar-refractivity contribution < 1.29 is 18.0 Å². The van der Waals surface area contributed by atoms with Crippen molar-refractivity contribution in [1.82, 2.24) is 19.9 Å². The molecule has 3 heterocycles. The van der Waals surface area contributed by atoms with Crippen LogP contribution in [0.3, 0.4) is 0 Å². The number of amides is 1. The van der Waals surface area contributed by atoms with Gasteiger partial charge in [-0.1, -0.05) is 19.4 Å². The molecule has 0 aliphatic carbocycles. The SMILES string of the molecule is CCCCNC(=O)c1cnn2c(C(F)(F)F)cc(-c3cccs3)nc12. The Morgan fingerprint density at radius 2 is 2.20 bits per heavy atom. The van der Waals surface area contributed by atoms with E-state index in [-0.39, 0.29) is 16.9 Å². The van der Waals surface area contributed by atoms with Crippen LogP contribution < -0.4 is 5.32 Å². The van der Waals surface area contributed by atoms with Crippen molar-refractivity contribution in [2.24, 2.45) is 0 Å². The second-order valence-corrected chi connectivity index (χ2v) is 6.35. The van der Waals surface area contributed by atoms with E-state index in [2.05, 4.69) is 15.4 Å². The smallest absolute Gasteiger partial charge is 0.352 e. The van der Waals surface area contributed by atoms with E-state index >= 15 is 0 Å². The lowest BCUT2D eigenvalue weighted by Crippen LogP contribution is -2.24. The molecule has 0 spiro atoms. The Morgan fingerprint density at radius 1 is 1.40 bits per heavy atom. The summed E-state index contributed by atoms with van der Waals surface area (Å²) in [6.45, 7) is 2.43. The summed E-state index contributed by atoms with van der Waals surface area (Å²) in [4.78, 5) is 17.1. The van der Waals surface area contributed by atoms with Crippen LogP contribution in [0.1, 0.15) is 35.8 Å². The molecule has 0 bridgehead atoms. The van der Waals surface area contributed by atoms with Crippen LogP contribution in [0.4, 0.5) is 13.2 Å². The zero-order valence-corrected chi connectivity index (χ0v) is 14.1. The molecular weight excluding hydrogens is 353 g/mol. The Bertz CT molecular complexity index is 887. The van der Waals surface area contributed by atoms with Crippen molar-refractivity contribution in [1.29, 1.82) is 0 Å². The molecule has 25 heavy (non-hydrogen) atoms. The van der Waals surface area contributed by atoms with Gasteiger partial charge in [0.1, 0.15) is 5.56 Å². The third kappa shape index (κ3) is 3.51. The number of halogens is 3. The predicted octanol–water partition coefficient (Wildman–Crippen LogP) is 4.01. The molecule has 0 aromatic carbocycles. The lowest BCUT2D eigenvalue weighted by Gasteiger charge is -2.11. The number of nitrogens with one attached hydrogen (secondary N) is 1. The van der Waals surface area contributed by atoms with Gasteiger partial charge in [0, 0.05) is 6.54 Å². The lowest BCUT2D eigenvalue weighted by molar-refractivity contribution is -0.142. The summed E-state index contributed by atoms with van der Waals surface area (Å²) in [7, 11) is 0. The van der Waals surface area contributed by atoms with Gasteiger partial charge < -0.3 is 5.32 Å². The van der Waals surface area contributed by atoms with Gasteiger partial charge in [0.25, 0.3) is 5.91 Å². The van der Waals surface area contributed by atoms with Gasteiger partial charge >= 0.3 is 6.18 Å². The summed E-state index contributed by atoms with van der Waals surface area (Å²) in [5.74, 6) is -0.479. The minimum atomic E-state index is -4.62. The maximum Gasteiger partial charge on any atom is 0.433 e. The number of thiophene rings is 1. The minimum absolute atomic E-state index is 0.0278. The predicted molar refractivity (Wildman–Crippen MR) is 88.5 cm³/mol. The number of carbonyl (C=O) groups is 1. The number of nitrogens with zero attached hydrogens (tertiary/aromatic N) is 3. The van der Waals surface area contributed by atoms with Gasteiger partial charge in [-0.15, -0.1) is 11.3 Å². The molecule has 0 aliphatic rings. The number of alkyl halides is 3. The Balaban J connectivity index is 2.12. The second-order valence-electron chi connectivity index (χ2n) is 5.40. The van der Waals surface area contributed by atoms with Crippen LogP contribution in [0.2, 0.25) is 0 Å². The Labute approximate surface area is 145 Å². The van der Waals surface area contributed by atoms with Crippen LogP contribution in [0, 0.1) is 0 Å². The molecule has 0 saturated heterocycles. The first-order valence-corrected chi connectivity index (χ1v) is 8.58. The Hall–Kier alpha value is -2.42. The van der Waals surface area contributed by atoms with Gasteiger partial charge in [0.2, 0.25) is 0 Å². The summed E-state index contributed by atoms with van der Waals surface area (Å²) < 4.78 is 40.9. The van der Waals surface area contributed by atoms with Crippen LogP contribution in [0.15, 0.2) is 29.8 Å². The summed E-state index contributed by atoms with van der Waals surface area (Å²) in [5.41, 5.74) is -0.876. The van der Waals surface area contributed by atoms with Crippen molar-refractivity contribution in [2.75, 3.05) is 6.54 Å². The van der Waals surface area contributed by atoms with Crippen molar-refractivity contribution in [3.8, 4) is 10.6 Å². The van der Waals surface area contributed by atoms with E-state index in [0.29, 0.717) is 15.9 Å². The van der Waals surface area contributed by atoms with Gasteiger partial charge in [-0.05, 0) is 23.9 Å². The molecule has 0 saturated carbocycles. The summed E-state index contributed by atoms with van der Waals surface area (Å²) in [6.07, 6.45) is -1.81. The fraction of sp³-hybridized carbons (Fsp3) is 0.312. The van der Waals surface area contributed by atoms with Crippen LogP contribution in [-0.2, 0) is 6.18 Å². The molecule has 0 unspecified atom stereocenters. The zero-order valence-electron chi connectivity index (χ0n) is 13.3. The molecule has 1 amide bonds. The van der Waals surface area contributed by atoms with E-state index in [4.69, 9.17) is 0 Å². The molecule has 1 N–H and O–H groups in total. The third-order valence-corrected chi connectivity index (χ3v) is 4.49. The molecule has 9 heteroatoms. The van der Waals surface area contributed by atoms with Crippen molar-refractivity contribution in [3.05, 3.63) is 41.0 Å². The van der Waals surface area contributed by atoms with Crippen molar-refractivity contribution in [3.63, 3.8) is 0 Å².